The number of alkyl carbamates (subject to hydrolysis) is 1. The Labute approximate surface area is 207 Å². The van der Waals surface area contributed by atoms with Crippen LogP contribution in [0.2, 0.25) is 0 Å². The number of benzene rings is 2. The van der Waals surface area contributed by atoms with Gasteiger partial charge in [0.2, 0.25) is 5.91 Å². The van der Waals surface area contributed by atoms with E-state index < -0.39 is 24.1 Å². The van der Waals surface area contributed by atoms with E-state index in [2.05, 4.69) is 34.9 Å². The molecular weight excluding hydrogens is 444 g/mol. The second kappa shape index (κ2) is 12.4. The number of aliphatic carboxylic acids is 1. The van der Waals surface area contributed by atoms with Gasteiger partial charge in [0.05, 0.1) is 6.42 Å². The van der Waals surface area contributed by atoms with Crippen molar-refractivity contribution in [3.63, 3.8) is 0 Å². The molecule has 2 aromatic rings. The summed E-state index contributed by atoms with van der Waals surface area (Å²) in [5.74, 6) is -1.26. The van der Waals surface area contributed by atoms with Gasteiger partial charge in [-0.2, -0.15) is 0 Å². The minimum absolute atomic E-state index is 0.00482. The molecule has 188 valence electrons. The van der Waals surface area contributed by atoms with Crippen LogP contribution < -0.4 is 10.6 Å². The third-order valence-electron chi connectivity index (χ3n) is 6.55. The van der Waals surface area contributed by atoms with E-state index in [9.17, 15) is 14.4 Å². The average Bonchev–Trinajstić information content (AvgIpc) is 3.14. The van der Waals surface area contributed by atoms with Crippen molar-refractivity contribution in [2.45, 2.75) is 70.9 Å². The highest BCUT2D eigenvalue weighted by atomic mass is 16.5. The minimum atomic E-state index is -0.941. The van der Waals surface area contributed by atoms with Crippen molar-refractivity contribution in [1.29, 1.82) is 0 Å². The highest BCUT2D eigenvalue weighted by Gasteiger charge is 2.30. The van der Waals surface area contributed by atoms with Gasteiger partial charge in [0.25, 0.3) is 0 Å². The van der Waals surface area contributed by atoms with Crippen molar-refractivity contribution in [3.8, 4) is 11.1 Å². The fourth-order valence-electron chi connectivity index (χ4n) is 4.62. The van der Waals surface area contributed by atoms with Crippen LogP contribution in [0.15, 0.2) is 48.5 Å². The van der Waals surface area contributed by atoms with Crippen molar-refractivity contribution in [3.05, 3.63) is 59.7 Å². The lowest BCUT2D eigenvalue weighted by Crippen LogP contribution is -2.45. The molecule has 0 spiro atoms. The molecule has 2 atom stereocenters. The molecule has 0 radical (unpaired) electrons. The zero-order valence-electron chi connectivity index (χ0n) is 20.8. The van der Waals surface area contributed by atoms with Crippen molar-refractivity contribution < 1.29 is 24.2 Å². The van der Waals surface area contributed by atoms with E-state index in [1.165, 1.54) is 0 Å². The second-order valence-corrected chi connectivity index (χ2v) is 9.53. The van der Waals surface area contributed by atoms with Gasteiger partial charge in [-0.1, -0.05) is 82.1 Å². The van der Waals surface area contributed by atoms with Crippen LogP contribution in [0.1, 0.15) is 69.9 Å². The maximum absolute atomic E-state index is 12.7. The SMILES string of the molecule is CCCC[C@@H](CC(=O)O)NC(=O)C[C@H](NC(=O)OCC1c2ccccc2-c2ccccc21)C(C)C. The summed E-state index contributed by atoms with van der Waals surface area (Å²) in [5.41, 5.74) is 4.59. The molecule has 0 unspecified atom stereocenters. The molecule has 7 heteroatoms. The van der Waals surface area contributed by atoms with Crippen LogP contribution in [0.25, 0.3) is 11.1 Å². The number of nitrogens with one attached hydrogen (secondary N) is 2. The van der Waals surface area contributed by atoms with E-state index in [1.54, 1.807) is 0 Å². The van der Waals surface area contributed by atoms with E-state index in [0.29, 0.717) is 6.42 Å². The van der Waals surface area contributed by atoms with E-state index in [-0.39, 0.29) is 37.2 Å². The molecule has 0 fully saturated rings. The van der Waals surface area contributed by atoms with Gasteiger partial charge in [-0.3, -0.25) is 9.59 Å². The van der Waals surface area contributed by atoms with Gasteiger partial charge in [0.1, 0.15) is 6.61 Å². The Morgan fingerprint density at radius 3 is 2.09 bits per heavy atom. The van der Waals surface area contributed by atoms with Gasteiger partial charge in [-0.15, -0.1) is 0 Å². The lowest BCUT2D eigenvalue weighted by Gasteiger charge is -2.24. The molecule has 0 aromatic heterocycles. The zero-order chi connectivity index (χ0) is 25.4. The summed E-state index contributed by atoms with van der Waals surface area (Å²) in [5, 5.41) is 14.8. The number of amides is 2. The smallest absolute Gasteiger partial charge is 0.407 e. The van der Waals surface area contributed by atoms with Gasteiger partial charge in [0.15, 0.2) is 0 Å². The predicted octanol–water partition coefficient (Wildman–Crippen LogP) is 5.09. The number of rotatable bonds is 12. The number of carboxylic acid groups (broad SMARTS) is 1. The number of fused-ring (bicyclic) bond motifs is 3. The molecule has 35 heavy (non-hydrogen) atoms. The number of carboxylic acids is 1. The number of carbonyl (C=O) groups excluding carboxylic acids is 2. The Kier molecular flexibility index (Phi) is 9.29. The zero-order valence-corrected chi connectivity index (χ0v) is 20.8. The van der Waals surface area contributed by atoms with Gasteiger partial charge in [0, 0.05) is 24.4 Å². The third kappa shape index (κ3) is 7.07. The summed E-state index contributed by atoms with van der Waals surface area (Å²) in [7, 11) is 0. The first kappa shape index (κ1) is 26.3. The van der Waals surface area contributed by atoms with Crippen LogP contribution in [0.3, 0.4) is 0 Å². The standard InChI is InChI=1S/C28H36N2O5/c1-4-5-10-19(15-27(32)33)29-26(31)16-25(18(2)3)30-28(34)35-17-24-22-13-8-6-11-20(22)21-12-7-9-14-23(21)24/h6-9,11-14,18-19,24-25H,4-5,10,15-17H2,1-3H3,(H,29,31)(H,30,34)(H,32,33)/t19-,25-/m0/s1. The van der Waals surface area contributed by atoms with Gasteiger partial charge < -0.3 is 20.5 Å². The number of carbonyl (C=O) groups is 3. The van der Waals surface area contributed by atoms with E-state index in [1.807, 2.05) is 45.0 Å². The summed E-state index contributed by atoms with van der Waals surface area (Å²) < 4.78 is 5.63. The summed E-state index contributed by atoms with van der Waals surface area (Å²) in [6.45, 7) is 6.07. The van der Waals surface area contributed by atoms with Crippen LogP contribution in [0.5, 0.6) is 0 Å². The Morgan fingerprint density at radius 1 is 0.943 bits per heavy atom. The average molecular weight is 481 g/mol. The predicted molar refractivity (Wildman–Crippen MR) is 135 cm³/mol. The first-order valence-corrected chi connectivity index (χ1v) is 12.4. The van der Waals surface area contributed by atoms with Crippen LogP contribution in [0.4, 0.5) is 4.79 Å². The van der Waals surface area contributed by atoms with E-state index in [4.69, 9.17) is 9.84 Å². The van der Waals surface area contributed by atoms with Crippen LogP contribution in [-0.4, -0.2) is 41.8 Å². The van der Waals surface area contributed by atoms with Crippen molar-refractivity contribution in [2.24, 2.45) is 5.92 Å². The van der Waals surface area contributed by atoms with Crippen LogP contribution in [-0.2, 0) is 14.3 Å². The maximum atomic E-state index is 12.7. The lowest BCUT2D eigenvalue weighted by molar-refractivity contribution is -0.137. The summed E-state index contributed by atoms with van der Waals surface area (Å²) >= 11 is 0. The Morgan fingerprint density at radius 2 is 1.54 bits per heavy atom. The van der Waals surface area contributed by atoms with Crippen LogP contribution >= 0.6 is 0 Å². The molecule has 7 nitrogen and oxygen atoms in total. The van der Waals surface area contributed by atoms with E-state index >= 15 is 0 Å². The monoisotopic (exact) mass is 480 g/mol. The van der Waals surface area contributed by atoms with E-state index in [0.717, 1.165) is 35.1 Å². The summed E-state index contributed by atoms with van der Waals surface area (Å²) in [4.78, 5) is 36.5. The highest BCUT2D eigenvalue weighted by molar-refractivity contribution is 5.80. The molecule has 3 N–H and O–H groups in total. The van der Waals surface area contributed by atoms with Crippen molar-refractivity contribution in [1.82, 2.24) is 10.6 Å². The van der Waals surface area contributed by atoms with Gasteiger partial charge in [-0.05, 0) is 34.6 Å². The Balaban J connectivity index is 1.57. The summed E-state index contributed by atoms with van der Waals surface area (Å²) in [6, 6.07) is 15.4. The first-order chi connectivity index (χ1) is 16.8. The molecule has 2 aromatic carbocycles. The van der Waals surface area contributed by atoms with Crippen molar-refractivity contribution >= 4 is 18.0 Å². The van der Waals surface area contributed by atoms with Crippen molar-refractivity contribution in [2.75, 3.05) is 6.61 Å². The van der Waals surface area contributed by atoms with Gasteiger partial charge >= 0.3 is 12.1 Å². The van der Waals surface area contributed by atoms with Crippen LogP contribution in [0, 0.1) is 5.92 Å². The molecule has 3 rings (SSSR count). The molecule has 0 saturated heterocycles. The topological polar surface area (TPSA) is 105 Å². The molecule has 0 saturated carbocycles. The fourth-order valence-corrected chi connectivity index (χ4v) is 4.62. The Bertz CT molecular complexity index is 990. The Hall–Kier alpha value is -3.35. The fraction of sp³-hybridized carbons (Fsp3) is 0.464. The summed E-state index contributed by atoms with van der Waals surface area (Å²) in [6.07, 6.45) is 1.75. The largest absolute Gasteiger partial charge is 0.481 e. The lowest BCUT2D eigenvalue weighted by atomic mass is 9.98. The quantitative estimate of drug-likeness (QED) is 0.392. The first-order valence-electron chi connectivity index (χ1n) is 12.4. The molecule has 0 bridgehead atoms. The molecular formula is C28H36N2O5. The molecule has 1 aliphatic carbocycles. The molecule has 1 aliphatic rings. The maximum Gasteiger partial charge on any atom is 0.407 e. The second-order valence-electron chi connectivity index (χ2n) is 9.53. The van der Waals surface area contributed by atoms with Gasteiger partial charge in [-0.25, -0.2) is 4.79 Å². The number of ether oxygens (including phenoxy) is 1. The number of hydrogen-bond donors (Lipinski definition) is 3. The normalized spacial score (nSPS) is 14.1. The number of unbranched alkanes of at least 4 members (excludes halogenated alkanes) is 1. The minimum Gasteiger partial charge on any atom is -0.481 e. The third-order valence-corrected chi connectivity index (χ3v) is 6.55. The highest BCUT2D eigenvalue weighted by Crippen LogP contribution is 2.44. The number of hydrogen-bond acceptors (Lipinski definition) is 4. The molecule has 2 amide bonds. The molecule has 0 aliphatic heterocycles. The molecule has 0 heterocycles.